The molecule has 10 nitrogen and oxygen atoms in total. The number of ether oxygens (including phenoxy) is 3. The number of hydrogen-bond donors (Lipinski definition) is 1. The van der Waals surface area contributed by atoms with E-state index in [2.05, 4.69) is 14.2 Å². The Bertz CT molecular complexity index is 723. The first-order chi connectivity index (χ1) is 12.8. The molecule has 0 aliphatic carbocycles. The second-order valence-electron chi connectivity index (χ2n) is 4.84. The number of rotatable bonds is 8. The molecular weight excluding hydrogens is 380 g/mol. The Kier molecular flexibility index (Phi) is 11.0. The average Bonchev–Trinajstić information content (AvgIpc) is 2.98. The molecule has 148 valence electrons. The van der Waals surface area contributed by atoms with Gasteiger partial charge in [0, 0.05) is 19.8 Å². The number of aldehydes is 1. The van der Waals surface area contributed by atoms with E-state index in [1.807, 2.05) is 6.07 Å². The first-order valence-corrected chi connectivity index (χ1v) is 8.12. The lowest BCUT2D eigenvalue weighted by molar-refractivity contribution is -0.140. The maximum atomic E-state index is 11.5. The highest BCUT2D eigenvalue weighted by molar-refractivity contribution is 7.18. The molecule has 0 saturated heterocycles. The van der Waals surface area contributed by atoms with Crippen LogP contribution in [0.15, 0.2) is 0 Å². The van der Waals surface area contributed by atoms with Crippen molar-refractivity contribution in [2.75, 3.05) is 46.4 Å². The molecule has 11 heteroatoms. The van der Waals surface area contributed by atoms with Crippen molar-refractivity contribution >= 4 is 40.5 Å². The van der Waals surface area contributed by atoms with Gasteiger partial charge < -0.3 is 24.2 Å². The lowest BCUT2D eigenvalue weighted by Gasteiger charge is -2.20. The minimum atomic E-state index is -1.24. The van der Waals surface area contributed by atoms with Gasteiger partial charge in [-0.2, -0.15) is 5.26 Å². The second-order valence-corrected chi connectivity index (χ2v) is 5.87. The first-order valence-electron chi connectivity index (χ1n) is 7.30. The molecule has 0 aliphatic rings. The summed E-state index contributed by atoms with van der Waals surface area (Å²) < 4.78 is 13.3. The van der Waals surface area contributed by atoms with Crippen molar-refractivity contribution in [2.24, 2.45) is 0 Å². The maximum absolute atomic E-state index is 11.5. The van der Waals surface area contributed by atoms with Crippen molar-refractivity contribution in [2.45, 2.75) is 6.42 Å². The van der Waals surface area contributed by atoms with Gasteiger partial charge in [0.15, 0.2) is 6.29 Å². The molecule has 0 aromatic carbocycles. The molecule has 0 amide bonds. The van der Waals surface area contributed by atoms with Crippen molar-refractivity contribution in [3.63, 3.8) is 0 Å². The minimum absolute atomic E-state index is 0.0438. The number of aliphatic carboxylic acids is 1. The SMILES string of the molecule is COC.COC(=O)Cc1c(C=O)sc(N(CC(=O)O)CC(=O)OC)c1C#N. The molecule has 0 fully saturated rings. The van der Waals surface area contributed by atoms with E-state index in [9.17, 15) is 24.4 Å². The van der Waals surface area contributed by atoms with Crippen molar-refractivity contribution in [1.29, 1.82) is 5.26 Å². The molecule has 1 heterocycles. The van der Waals surface area contributed by atoms with Crippen LogP contribution in [0.4, 0.5) is 5.00 Å². The van der Waals surface area contributed by atoms with Gasteiger partial charge in [-0.3, -0.25) is 19.2 Å². The van der Waals surface area contributed by atoms with Crippen molar-refractivity contribution in [1.82, 2.24) is 0 Å². The van der Waals surface area contributed by atoms with Crippen LogP contribution in [-0.2, 0) is 35.0 Å². The lowest BCUT2D eigenvalue weighted by Crippen LogP contribution is -2.35. The smallest absolute Gasteiger partial charge is 0.325 e. The predicted octanol–water partition coefficient (Wildman–Crippen LogP) is 0.474. The number of carboxylic acid groups (broad SMARTS) is 1. The van der Waals surface area contributed by atoms with E-state index in [-0.39, 0.29) is 27.4 Å². The zero-order valence-electron chi connectivity index (χ0n) is 15.3. The van der Waals surface area contributed by atoms with Gasteiger partial charge in [-0.05, 0) is 0 Å². The number of hydrogen-bond acceptors (Lipinski definition) is 10. The standard InChI is InChI=1S/C14H14N2O7S.C2H6O/c1-22-12(20)3-8-9(4-15)14(24-10(8)7-17)16(5-11(18)19)6-13(21)23-2;1-3-2/h7H,3,5-6H2,1-2H3,(H,18,19);1-2H3. The summed E-state index contributed by atoms with van der Waals surface area (Å²) >= 11 is 0.822. The fourth-order valence-corrected chi connectivity index (χ4v) is 2.96. The summed E-state index contributed by atoms with van der Waals surface area (Å²) in [5.41, 5.74) is 0.0947. The van der Waals surface area contributed by atoms with Gasteiger partial charge in [-0.25, -0.2) is 0 Å². The topological polar surface area (TPSA) is 143 Å². The van der Waals surface area contributed by atoms with Crippen molar-refractivity contribution < 1.29 is 38.5 Å². The van der Waals surface area contributed by atoms with Crippen LogP contribution in [0.2, 0.25) is 0 Å². The molecule has 0 unspecified atom stereocenters. The monoisotopic (exact) mass is 400 g/mol. The highest BCUT2D eigenvalue weighted by Crippen LogP contribution is 2.35. The summed E-state index contributed by atoms with van der Waals surface area (Å²) in [7, 11) is 5.55. The molecule has 0 saturated carbocycles. The van der Waals surface area contributed by atoms with Crippen molar-refractivity contribution in [3.8, 4) is 6.07 Å². The van der Waals surface area contributed by atoms with Crippen LogP contribution in [-0.4, -0.2) is 70.8 Å². The van der Waals surface area contributed by atoms with E-state index < -0.39 is 31.0 Å². The number of anilines is 1. The Hall–Kier alpha value is -2.97. The second kappa shape index (κ2) is 12.4. The summed E-state index contributed by atoms with van der Waals surface area (Å²) in [6, 6.07) is 1.85. The Balaban J connectivity index is 0.00000210. The highest BCUT2D eigenvalue weighted by atomic mass is 32.1. The zero-order chi connectivity index (χ0) is 21.0. The third-order valence-corrected chi connectivity index (χ3v) is 4.17. The number of carbonyl (C=O) groups is 4. The maximum Gasteiger partial charge on any atom is 0.325 e. The van der Waals surface area contributed by atoms with Gasteiger partial charge in [0.2, 0.25) is 0 Å². The molecule has 1 N–H and O–H groups in total. The number of nitriles is 1. The van der Waals surface area contributed by atoms with E-state index in [0.717, 1.165) is 30.5 Å². The number of carboxylic acids is 1. The summed E-state index contributed by atoms with van der Waals surface area (Å²) in [4.78, 5) is 46.4. The van der Waals surface area contributed by atoms with E-state index in [0.29, 0.717) is 6.29 Å². The molecule has 0 atom stereocenters. The number of esters is 2. The summed E-state index contributed by atoms with van der Waals surface area (Å²) in [5, 5.41) is 18.5. The zero-order valence-corrected chi connectivity index (χ0v) is 16.1. The molecule has 1 rings (SSSR count). The Labute approximate surface area is 159 Å². The number of nitrogens with zero attached hydrogens (tertiary/aromatic N) is 2. The summed E-state index contributed by atoms with van der Waals surface area (Å²) in [6.45, 7) is -1.01. The van der Waals surface area contributed by atoms with E-state index in [1.165, 1.54) is 0 Å². The number of methoxy groups -OCH3 is 3. The summed E-state index contributed by atoms with van der Waals surface area (Å²) in [5.74, 6) is -2.61. The van der Waals surface area contributed by atoms with Gasteiger partial charge in [0.1, 0.15) is 24.2 Å². The minimum Gasteiger partial charge on any atom is -0.480 e. The fourth-order valence-electron chi connectivity index (χ4n) is 1.88. The van der Waals surface area contributed by atoms with E-state index in [4.69, 9.17) is 5.11 Å². The van der Waals surface area contributed by atoms with Crippen LogP contribution in [0.3, 0.4) is 0 Å². The largest absolute Gasteiger partial charge is 0.480 e. The predicted molar refractivity (Wildman–Crippen MR) is 94.9 cm³/mol. The lowest BCUT2D eigenvalue weighted by atomic mass is 10.1. The van der Waals surface area contributed by atoms with Gasteiger partial charge in [-0.15, -0.1) is 11.3 Å². The molecule has 1 aromatic heterocycles. The molecule has 1 aromatic rings. The third kappa shape index (κ3) is 7.43. The van der Waals surface area contributed by atoms with Crippen LogP contribution in [0.25, 0.3) is 0 Å². The highest BCUT2D eigenvalue weighted by Gasteiger charge is 2.26. The van der Waals surface area contributed by atoms with E-state index >= 15 is 0 Å². The van der Waals surface area contributed by atoms with Crippen LogP contribution < -0.4 is 4.90 Å². The van der Waals surface area contributed by atoms with Crippen molar-refractivity contribution in [3.05, 3.63) is 16.0 Å². The van der Waals surface area contributed by atoms with Crippen LogP contribution in [0.1, 0.15) is 20.8 Å². The molecule has 27 heavy (non-hydrogen) atoms. The first kappa shape index (κ1) is 24.0. The van der Waals surface area contributed by atoms with Crippen LogP contribution >= 0.6 is 11.3 Å². The number of carbonyl (C=O) groups excluding carboxylic acids is 3. The fraction of sp³-hybridized carbons (Fsp3) is 0.438. The average molecular weight is 400 g/mol. The molecule has 0 bridgehead atoms. The number of thiophene rings is 1. The quantitative estimate of drug-likeness (QED) is 0.483. The Morgan fingerprint density at radius 2 is 1.70 bits per heavy atom. The Morgan fingerprint density at radius 3 is 2.11 bits per heavy atom. The molecule has 0 radical (unpaired) electrons. The molecular formula is C16H20N2O8S. The van der Waals surface area contributed by atoms with Crippen LogP contribution in [0, 0.1) is 11.3 Å². The van der Waals surface area contributed by atoms with Gasteiger partial charge in [0.05, 0.1) is 31.1 Å². The van der Waals surface area contributed by atoms with Gasteiger partial charge >= 0.3 is 17.9 Å². The molecule has 0 aliphatic heterocycles. The normalized spacial score (nSPS) is 9.30. The third-order valence-electron chi connectivity index (χ3n) is 2.95. The summed E-state index contributed by atoms with van der Waals surface area (Å²) in [6.07, 6.45) is 0.146. The Morgan fingerprint density at radius 1 is 1.15 bits per heavy atom. The van der Waals surface area contributed by atoms with Gasteiger partial charge in [-0.1, -0.05) is 0 Å². The molecule has 0 spiro atoms. The van der Waals surface area contributed by atoms with E-state index in [1.54, 1.807) is 14.2 Å². The van der Waals surface area contributed by atoms with Gasteiger partial charge in [0.25, 0.3) is 0 Å². The van der Waals surface area contributed by atoms with Crippen LogP contribution in [0.5, 0.6) is 0 Å².